The Morgan fingerprint density at radius 3 is 2.81 bits per heavy atom. The van der Waals surface area contributed by atoms with Crippen molar-refractivity contribution in [1.82, 2.24) is 0 Å². The third kappa shape index (κ3) is 2.84. The first-order valence-electron chi connectivity index (χ1n) is 4.98. The van der Waals surface area contributed by atoms with Crippen LogP contribution in [0, 0.1) is 0 Å². The molecule has 0 spiro atoms. The fraction of sp³-hybridized carbons (Fsp3) is 0.250. The van der Waals surface area contributed by atoms with Gasteiger partial charge in [-0.05, 0) is 17.8 Å². The van der Waals surface area contributed by atoms with Gasteiger partial charge in [0.15, 0.2) is 0 Å². The van der Waals surface area contributed by atoms with Crippen molar-refractivity contribution in [3.05, 3.63) is 42.6 Å². The Hall–Kier alpha value is -1.81. The molecule has 0 aromatic heterocycles. The number of anilines is 1. The number of rotatable bonds is 5. The van der Waals surface area contributed by atoms with Crippen LogP contribution in [0.15, 0.2) is 37.0 Å². The molecule has 16 heavy (non-hydrogen) atoms. The van der Waals surface area contributed by atoms with Gasteiger partial charge < -0.3 is 15.7 Å². The molecule has 0 fully saturated rings. The second-order valence-electron chi connectivity index (χ2n) is 3.57. The number of carboxylic acids is 1. The van der Waals surface area contributed by atoms with E-state index in [1.807, 2.05) is 36.2 Å². The molecule has 0 heterocycles. The lowest BCUT2D eigenvalue weighted by molar-refractivity contribution is -0.138. The fourth-order valence-electron chi connectivity index (χ4n) is 1.45. The van der Waals surface area contributed by atoms with E-state index in [1.54, 1.807) is 6.20 Å². The van der Waals surface area contributed by atoms with Crippen LogP contribution in [0.2, 0.25) is 0 Å². The summed E-state index contributed by atoms with van der Waals surface area (Å²) in [5.74, 6) is -0.990. The Balaban J connectivity index is 2.95. The molecule has 86 valence electrons. The van der Waals surface area contributed by atoms with Crippen molar-refractivity contribution >= 4 is 11.7 Å². The van der Waals surface area contributed by atoms with E-state index < -0.39 is 12.0 Å². The summed E-state index contributed by atoms with van der Waals surface area (Å²) in [6.07, 6.45) is 1.98. The monoisotopic (exact) mass is 220 g/mol. The Bertz CT molecular complexity index is 390. The molecule has 0 aliphatic heterocycles. The normalized spacial score (nSPS) is 11.9. The van der Waals surface area contributed by atoms with Crippen LogP contribution in [0.3, 0.4) is 0 Å². The van der Waals surface area contributed by atoms with Gasteiger partial charge in [-0.2, -0.15) is 0 Å². The molecule has 1 atom stereocenters. The van der Waals surface area contributed by atoms with E-state index in [-0.39, 0.29) is 0 Å². The standard InChI is InChI=1S/C12H16N2O2/c1-3-14(2)11-7-5-4-6-9(11)8-10(13)12(15)16/h3-7,10H,1,8,13H2,2H3,(H,15,16). The molecule has 1 rings (SSSR count). The molecule has 1 aromatic rings. The minimum absolute atomic E-state index is 0.309. The lowest BCUT2D eigenvalue weighted by Crippen LogP contribution is -2.32. The highest BCUT2D eigenvalue weighted by molar-refractivity contribution is 5.74. The number of hydrogen-bond acceptors (Lipinski definition) is 3. The third-order valence-corrected chi connectivity index (χ3v) is 2.40. The van der Waals surface area contributed by atoms with Crippen LogP contribution >= 0.6 is 0 Å². The van der Waals surface area contributed by atoms with E-state index in [2.05, 4.69) is 6.58 Å². The van der Waals surface area contributed by atoms with Crippen LogP contribution in [0.5, 0.6) is 0 Å². The van der Waals surface area contributed by atoms with E-state index in [9.17, 15) is 4.79 Å². The van der Waals surface area contributed by atoms with Gasteiger partial charge in [0, 0.05) is 19.2 Å². The molecule has 0 saturated carbocycles. The zero-order chi connectivity index (χ0) is 12.1. The van der Waals surface area contributed by atoms with Gasteiger partial charge in [-0.25, -0.2) is 0 Å². The molecule has 4 nitrogen and oxygen atoms in total. The summed E-state index contributed by atoms with van der Waals surface area (Å²) < 4.78 is 0. The van der Waals surface area contributed by atoms with Gasteiger partial charge in [-0.15, -0.1) is 0 Å². The van der Waals surface area contributed by atoms with E-state index in [1.165, 1.54) is 0 Å². The Morgan fingerprint density at radius 2 is 2.25 bits per heavy atom. The van der Waals surface area contributed by atoms with Gasteiger partial charge in [0.05, 0.1) is 0 Å². The molecule has 0 radical (unpaired) electrons. The SMILES string of the molecule is C=CN(C)c1ccccc1CC(N)C(=O)O. The summed E-state index contributed by atoms with van der Waals surface area (Å²) in [5, 5.41) is 8.77. The van der Waals surface area contributed by atoms with Gasteiger partial charge in [-0.3, -0.25) is 4.79 Å². The second-order valence-corrected chi connectivity index (χ2v) is 3.57. The van der Waals surface area contributed by atoms with Gasteiger partial charge in [0.2, 0.25) is 0 Å². The molecular weight excluding hydrogens is 204 g/mol. The maximum absolute atomic E-state index is 10.7. The molecule has 1 aromatic carbocycles. The number of carbonyl (C=O) groups is 1. The fourth-order valence-corrected chi connectivity index (χ4v) is 1.45. The number of nitrogens with two attached hydrogens (primary N) is 1. The number of hydrogen-bond donors (Lipinski definition) is 2. The van der Waals surface area contributed by atoms with Crippen molar-refractivity contribution in [2.75, 3.05) is 11.9 Å². The van der Waals surface area contributed by atoms with Crippen molar-refractivity contribution < 1.29 is 9.90 Å². The quantitative estimate of drug-likeness (QED) is 0.783. The average molecular weight is 220 g/mol. The van der Waals surface area contributed by atoms with Gasteiger partial charge in [0.25, 0.3) is 0 Å². The molecule has 0 aliphatic carbocycles. The minimum atomic E-state index is -0.990. The Morgan fingerprint density at radius 1 is 1.62 bits per heavy atom. The van der Waals surface area contributed by atoms with Crippen LogP contribution in [-0.4, -0.2) is 24.2 Å². The summed E-state index contributed by atoms with van der Waals surface area (Å²) in [6.45, 7) is 3.67. The van der Waals surface area contributed by atoms with Crippen LogP contribution < -0.4 is 10.6 Å². The van der Waals surface area contributed by atoms with E-state index in [0.717, 1.165) is 11.3 Å². The molecule has 0 amide bonds. The van der Waals surface area contributed by atoms with E-state index in [0.29, 0.717) is 6.42 Å². The molecule has 0 saturated heterocycles. The number of nitrogens with zero attached hydrogens (tertiary/aromatic N) is 1. The van der Waals surface area contributed by atoms with Gasteiger partial charge >= 0.3 is 5.97 Å². The first-order valence-corrected chi connectivity index (χ1v) is 4.98. The van der Waals surface area contributed by atoms with Crippen LogP contribution in [0.4, 0.5) is 5.69 Å². The molecule has 0 aliphatic rings. The largest absolute Gasteiger partial charge is 0.480 e. The van der Waals surface area contributed by atoms with Crippen LogP contribution in [-0.2, 0) is 11.2 Å². The summed E-state index contributed by atoms with van der Waals surface area (Å²) in [5.41, 5.74) is 7.34. The number of aliphatic carboxylic acids is 1. The summed E-state index contributed by atoms with van der Waals surface area (Å²) in [7, 11) is 1.86. The predicted molar refractivity (Wildman–Crippen MR) is 64.4 cm³/mol. The molecule has 1 unspecified atom stereocenters. The number of benzene rings is 1. The van der Waals surface area contributed by atoms with Gasteiger partial charge in [0.1, 0.15) is 6.04 Å². The third-order valence-electron chi connectivity index (χ3n) is 2.40. The van der Waals surface area contributed by atoms with Crippen LogP contribution in [0.1, 0.15) is 5.56 Å². The first-order chi connectivity index (χ1) is 7.56. The average Bonchev–Trinajstić information content (AvgIpc) is 2.28. The summed E-state index contributed by atoms with van der Waals surface area (Å²) in [4.78, 5) is 12.5. The Kier molecular flexibility index (Phi) is 4.08. The highest BCUT2D eigenvalue weighted by atomic mass is 16.4. The van der Waals surface area contributed by atoms with Crippen molar-refractivity contribution in [2.45, 2.75) is 12.5 Å². The second kappa shape index (κ2) is 5.32. The molecular formula is C12H16N2O2. The Labute approximate surface area is 95.0 Å². The van der Waals surface area contributed by atoms with Crippen LogP contribution in [0.25, 0.3) is 0 Å². The minimum Gasteiger partial charge on any atom is -0.480 e. The number of carboxylic acid groups (broad SMARTS) is 1. The topological polar surface area (TPSA) is 66.6 Å². The summed E-state index contributed by atoms with van der Waals surface area (Å²) in [6, 6.07) is 6.67. The molecule has 0 bridgehead atoms. The molecule has 4 heteroatoms. The van der Waals surface area contributed by atoms with E-state index >= 15 is 0 Å². The number of para-hydroxylation sites is 1. The zero-order valence-corrected chi connectivity index (χ0v) is 9.26. The molecule has 3 N–H and O–H groups in total. The maximum Gasteiger partial charge on any atom is 0.320 e. The smallest absolute Gasteiger partial charge is 0.320 e. The predicted octanol–water partition coefficient (Wildman–Crippen LogP) is 1.22. The lowest BCUT2D eigenvalue weighted by atomic mass is 10.0. The van der Waals surface area contributed by atoms with Crippen molar-refractivity contribution in [1.29, 1.82) is 0 Å². The zero-order valence-electron chi connectivity index (χ0n) is 9.26. The van der Waals surface area contributed by atoms with Gasteiger partial charge in [-0.1, -0.05) is 24.8 Å². The van der Waals surface area contributed by atoms with E-state index in [4.69, 9.17) is 10.8 Å². The summed E-state index contributed by atoms with van der Waals surface area (Å²) >= 11 is 0. The highest BCUT2D eigenvalue weighted by Gasteiger charge is 2.14. The maximum atomic E-state index is 10.7. The van der Waals surface area contributed by atoms with Crippen molar-refractivity contribution in [2.24, 2.45) is 5.73 Å². The van der Waals surface area contributed by atoms with Crippen molar-refractivity contribution in [3.8, 4) is 0 Å². The highest BCUT2D eigenvalue weighted by Crippen LogP contribution is 2.20. The first kappa shape index (κ1) is 12.3. The van der Waals surface area contributed by atoms with Crippen molar-refractivity contribution in [3.63, 3.8) is 0 Å². The lowest BCUT2D eigenvalue weighted by Gasteiger charge is -2.19.